The van der Waals surface area contributed by atoms with Gasteiger partial charge in [-0.3, -0.25) is 0 Å². The van der Waals surface area contributed by atoms with E-state index >= 15 is 0 Å². The number of hydrogen-bond acceptors (Lipinski definition) is 1. The zero-order chi connectivity index (χ0) is 12.1. The van der Waals surface area contributed by atoms with Crippen molar-refractivity contribution in [3.8, 4) is 0 Å². The van der Waals surface area contributed by atoms with Crippen molar-refractivity contribution in [3.05, 3.63) is 67.5 Å². The van der Waals surface area contributed by atoms with Crippen LogP contribution in [-0.2, 0) is 0 Å². The molecule has 0 unspecified atom stereocenters. The van der Waals surface area contributed by atoms with Gasteiger partial charge in [0.05, 0.1) is 0 Å². The molecule has 86 valence electrons. The Morgan fingerprint density at radius 1 is 1.00 bits per heavy atom. The summed E-state index contributed by atoms with van der Waals surface area (Å²) in [5.41, 5.74) is 0. The normalized spacial score (nSPS) is 13.4. The zero-order valence-electron chi connectivity index (χ0n) is 9.55. The van der Waals surface area contributed by atoms with E-state index in [2.05, 4.69) is 31.9 Å². The Kier molecular flexibility index (Phi) is 3.85. The van der Waals surface area contributed by atoms with Gasteiger partial charge in [0, 0.05) is 0 Å². The van der Waals surface area contributed by atoms with Crippen LogP contribution in [0.2, 0.25) is 0 Å². The average molecular weight is 234 g/mol. The number of rotatable bonds is 6. The molecule has 0 saturated carbocycles. The van der Waals surface area contributed by atoms with E-state index < -0.39 is 6.60 Å². The summed E-state index contributed by atoms with van der Waals surface area (Å²) in [5, 5.41) is 10.5. The van der Waals surface area contributed by atoms with Gasteiger partial charge < -0.3 is 0 Å². The molecule has 1 aromatic rings. The van der Waals surface area contributed by atoms with Crippen molar-refractivity contribution in [3.63, 3.8) is 0 Å². The average Bonchev–Trinajstić information content (AvgIpc) is 2.38. The molecule has 0 fully saturated rings. The minimum atomic E-state index is -2.58. The summed E-state index contributed by atoms with van der Waals surface area (Å²) in [5.74, 6) is 5.78. The molecule has 0 atom stereocenters. The molecule has 0 amide bonds. The van der Waals surface area contributed by atoms with Crippen molar-refractivity contribution in [2.24, 2.45) is 0 Å². The first-order chi connectivity index (χ1) is 7.67. The summed E-state index contributed by atoms with van der Waals surface area (Å²) in [6, 6.07) is 10.1. The SMILES string of the molecule is C=CP(C=C)(C=C)(CCO)c1ccccc1. The van der Waals surface area contributed by atoms with Gasteiger partial charge in [-0.25, -0.2) is 0 Å². The number of aliphatic hydroxyl groups excluding tert-OH is 1. The van der Waals surface area contributed by atoms with Gasteiger partial charge in [-0.15, -0.1) is 0 Å². The monoisotopic (exact) mass is 234 g/mol. The molecule has 1 N–H and O–H groups in total. The van der Waals surface area contributed by atoms with Crippen LogP contribution >= 0.6 is 6.60 Å². The van der Waals surface area contributed by atoms with E-state index in [1.54, 1.807) is 0 Å². The molecule has 0 aliphatic rings. The van der Waals surface area contributed by atoms with Crippen molar-refractivity contribution in [1.29, 1.82) is 0 Å². The van der Waals surface area contributed by atoms with Crippen LogP contribution in [0.15, 0.2) is 67.5 Å². The molecule has 0 bridgehead atoms. The molecular formula is C14H19OP. The third-order valence-electron chi connectivity index (χ3n) is 3.28. The molecule has 0 saturated heterocycles. The quantitative estimate of drug-likeness (QED) is 0.749. The zero-order valence-corrected chi connectivity index (χ0v) is 10.4. The van der Waals surface area contributed by atoms with Crippen molar-refractivity contribution in [1.82, 2.24) is 0 Å². The Labute approximate surface area is 97.7 Å². The van der Waals surface area contributed by atoms with Gasteiger partial charge >= 0.3 is 97.3 Å². The molecule has 1 aromatic carbocycles. The maximum absolute atomic E-state index is 9.31. The number of hydrogen-bond donors (Lipinski definition) is 1. The summed E-state index contributed by atoms with van der Waals surface area (Å²) < 4.78 is 0. The molecule has 0 aromatic heterocycles. The predicted octanol–water partition coefficient (Wildman–Crippen LogP) is 3.29. The Morgan fingerprint density at radius 3 is 1.88 bits per heavy atom. The van der Waals surface area contributed by atoms with Crippen LogP contribution in [0, 0.1) is 0 Å². The second-order valence-corrected chi connectivity index (χ2v) is 9.01. The van der Waals surface area contributed by atoms with Gasteiger partial charge in [-0.1, -0.05) is 0 Å². The molecule has 1 rings (SSSR count). The van der Waals surface area contributed by atoms with Crippen LogP contribution in [0.25, 0.3) is 0 Å². The molecule has 0 heterocycles. The minimum absolute atomic E-state index is 0.108. The van der Waals surface area contributed by atoms with E-state index in [0.717, 1.165) is 5.30 Å². The maximum atomic E-state index is 9.31. The van der Waals surface area contributed by atoms with Crippen LogP contribution < -0.4 is 5.30 Å². The third-order valence-corrected chi connectivity index (χ3v) is 8.62. The number of benzene rings is 1. The standard InChI is InChI=1S/C14H19OP/c1-4-16(5-2,6-3,13-12-15)14-10-8-7-9-11-14/h4-11,15H,1-3,12-13H2. The Morgan fingerprint density at radius 2 is 1.50 bits per heavy atom. The molecule has 2 heteroatoms. The van der Waals surface area contributed by atoms with E-state index in [4.69, 9.17) is 0 Å². The Balaban J connectivity index is 3.51. The van der Waals surface area contributed by atoms with E-state index in [1.807, 2.05) is 35.7 Å². The molecular weight excluding hydrogens is 215 g/mol. The summed E-state index contributed by atoms with van der Waals surface area (Å²) in [7, 11) is 0. The molecule has 0 spiro atoms. The second kappa shape index (κ2) is 4.78. The first-order valence-corrected chi connectivity index (χ1v) is 7.89. The third kappa shape index (κ3) is 1.77. The molecule has 1 nitrogen and oxygen atoms in total. The molecule has 16 heavy (non-hydrogen) atoms. The number of aliphatic hydroxyl groups is 1. The van der Waals surface area contributed by atoms with Crippen LogP contribution in [0.3, 0.4) is 0 Å². The van der Waals surface area contributed by atoms with Gasteiger partial charge in [0.15, 0.2) is 0 Å². The van der Waals surface area contributed by atoms with Crippen LogP contribution in [0.4, 0.5) is 0 Å². The summed E-state index contributed by atoms with van der Waals surface area (Å²) in [6.07, 6.45) is 0.631. The topological polar surface area (TPSA) is 20.2 Å². The Bertz CT molecular complexity index is 370. The second-order valence-electron chi connectivity index (χ2n) is 3.87. The van der Waals surface area contributed by atoms with Gasteiger partial charge in [-0.2, -0.15) is 0 Å². The van der Waals surface area contributed by atoms with Crippen molar-refractivity contribution < 1.29 is 5.11 Å². The fraction of sp³-hybridized carbons (Fsp3) is 0.143. The molecule has 0 aliphatic heterocycles. The first-order valence-electron chi connectivity index (χ1n) is 5.27. The van der Waals surface area contributed by atoms with Gasteiger partial charge in [0.2, 0.25) is 0 Å². The van der Waals surface area contributed by atoms with Crippen molar-refractivity contribution in [2.45, 2.75) is 0 Å². The summed E-state index contributed by atoms with van der Waals surface area (Å²) in [6.45, 7) is 9.37. The van der Waals surface area contributed by atoms with Gasteiger partial charge in [0.1, 0.15) is 0 Å². The van der Waals surface area contributed by atoms with Crippen LogP contribution in [0.5, 0.6) is 0 Å². The fourth-order valence-electron chi connectivity index (χ4n) is 1.96. The summed E-state index contributed by atoms with van der Waals surface area (Å²) in [4.78, 5) is 0. The van der Waals surface area contributed by atoms with Gasteiger partial charge in [0.25, 0.3) is 0 Å². The van der Waals surface area contributed by atoms with E-state index in [1.165, 1.54) is 0 Å². The Hall–Kier alpha value is -1.17. The fourth-order valence-corrected chi connectivity index (χ4v) is 5.19. The van der Waals surface area contributed by atoms with Crippen molar-refractivity contribution >= 4 is 11.9 Å². The van der Waals surface area contributed by atoms with Crippen LogP contribution in [0.1, 0.15) is 0 Å². The van der Waals surface area contributed by atoms with E-state index in [0.29, 0.717) is 6.16 Å². The van der Waals surface area contributed by atoms with Gasteiger partial charge in [-0.05, 0) is 0 Å². The van der Waals surface area contributed by atoms with Crippen molar-refractivity contribution in [2.75, 3.05) is 12.8 Å². The van der Waals surface area contributed by atoms with E-state index in [-0.39, 0.29) is 6.61 Å². The summed E-state index contributed by atoms with van der Waals surface area (Å²) >= 11 is 0. The van der Waals surface area contributed by atoms with E-state index in [9.17, 15) is 5.11 Å². The first kappa shape index (κ1) is 12.9. The van der Waals surface area contributed by atoms with Crippen LogP contribution in [-0.4, -0.2) is 17.9 Å². The predicted molar refractivity (Wildman–Crippen MR) is 75.5 cm³/mol. The molecule has 0 aliphatic carbocycles. The molecule has 0 radical (unpaired) electrons.